The standard InChI is InChI=1S/C22H21N7O/c1-28(2)19-5-3-4-16(12-19)22(30)27-18-8-6-17(7-9-18)26-20-13-21(25-14-24-20)29-11-10-23-15-29/h3-15H,1-2H3,(H,27,30)(H,24,25,26). The Morgan fingerprint density at radius 3 is 2.53 bits per heavy atom. The summed E-state index contributed by atoms with van der Waals surface area (Å²) in [6.07, 6.45) is 6.68. The van der Waals surface area contributed by atoms with Crippen LogP contribution in [0, 0.1) is 0 Å². The van der Waals surface area contributed by atoms with Gasteiger partial charge in [0.2, 0.25) is 0 Å². The van der Waals surface area contributed by atoms with E-state index in [9.17, 15) is 4.79 Å². The summed E-state index contributed by atoms with van der Waals surface area (Å²) in [6.45, 7) is 0. The molecule has 0 unspecified atom stereocenters. The third-order valence-electron chi connectivity index (χ3n) is 4.46. The fourth-order valence-electron chi connectivity index (χ4n) is 2.86. The maximum absolute atomic E-state index is 12.5. The Morgan fingerprint density at radius 1 is 1.00 bits per heavy atom. The van der Waals surface area contributed by atoms with Crippen molar-refractivity contribution in [1.29, 1.82) is 0 Å². The second-order valence-electron chi connectivity index (χ2n) is 6.83. The largest absolute Gasteiger partial charge is 0.378 e. The molecule has 0 spiro atoms. The molecule has 2 N–H and O–H groups in total. The summed E-state index contributed by atoms with van der Waals surface area (Å²) in [5, 5.41) is 6.16. The molecule has 0 aliphatic heterocycles. The summed E-state index contributed by atoms with van der Waals surface area (Å²) in [4.78, 5) is 27.0. The topological polar surface area (TPSA) is 88.0 Å². The number of carbonyl (C=O) groups excluding carboxylic acids is 1. The van der Waals surface area contributed by atoms with Gasteiger partial charge in [0.1, 0.15) is 24.3 Å². The average molecular weight is 399 g/mol. The van der Waals surface area contributed by atoms with Gasteiger partial charge in [0.05, 0.1) is 0 Å². The molecule has 0 aliphatic rings. The molecule has 4 rings (SSSR count). The van der Waals surface area contributed by atoms with Crippen molar-refractivity contribution in [3.63, 3.8) is 0 Å². The highest BCUT2D eigenvalue weighted by atomic mass is 16.1. The van der Waals surface area contributed by atoms with Crippen LogP contribution in [0.4, 0.5) is 22.9 Å². The van der Waals surface area contributed by atoms with Gasteiger partial charge in [-0.2, -0.15) is 0 Å². The van der Waals surface area contributed by atoms with Gasteiger partial charge in [0, 0.05) is 55.2 Å². The molecular formula is C22H21N7O. The minimum atomic E-state index is -0.153. The molecule has 8 heteroatoms. The number of imidazole rings is 1. The van der Waals surface area contributed by atoms with E-state index in [4.69, 9.17) is 0 Å². The monoisotopic (exact) mass is 399 g/mol. The van der Waals surface area contributed by atoms with E-state index in [-0.39, 0.29) is 5.91 Å². The molecule has 0 saturated carbocycles. The first-order chi connectivity index (χ1) is 14.6. The highest BCUT2D eigenvalue weighted by Crippen LogP contribution is 2.20. The van der Waals surface area contributed by atoms with Crippen molar-refractivity contribution >= 4 is 28.8 Å². The van der Waals surface area contributed by atoms with Crippen molar-refractivity contribution in [3.8, 4) is 5.82 Å². The fraction of sp³-hybridized carbons (Fsp3) is 0.0909. The molecule has 1 amide bonds. The van der Waals surface area contributed by atoms with Crippen LogP contribution < -0.4 is 15.5 Å². The van der Waals surface area contributed by atoms with Crippen LogP contribution in [0.5, 0.6) is 0 Å². The van der Waals surface area contributed by atoms with Gasteiger partial charge < -0.3 is 15.5 Å². The van der Waals surface area contributed by atoms with E-state index >= 15 is 0 Å². The molecule has 150 valence electrons. The molecule has 0 radical (unpaired) electrons. The number of amides is 1. The van der Waals surface area contributed by atoms with E-state index in [0.29, 0.717) is 22.9 Å². The zero-order valence-electron chi connectivity index (χ0n) is 16.6. The Morgan fingerprint density at radius 2 is 1.80 bits per heavy atom. The Balaban J connectivity index is 1.43. The first kappa shape index (κ1) is 19.1. The first-order valence-electron chi connectivity index (χ1n) is 9.35. The minimum Gasteiger partial charge on any atom is -0.378 e. The smallest absolute Gasteiger partial charge is 0.255 e. The van der Waals surface area contributed by atoms with Crippen molar-refractivity contribution < 1.29 is 4.79 Å². The number of hydrogen-bond donors (Lipinski definition) is 2. The normalized spacial score (nSPS) is 10.5. The Hall–Kier alpha value is -4.20. The van der Waals surface area contributed by atoms with E-state index in [1.165, 1.54) is 6.33 Å². The maximum Gasteiger partial charge on any atom is 0.255 e. The lowest BCUT2D eigenvalue weighted by atomic mass is 10.1. The second-order valence-corrected chi connectivity index (χ2v) is 6.83. The van der Waals surface area contributed by atoms with Crippen LogP contribution in [0.3, 0.4) is 0 Å². The van der Waals surface area contributed by atoms with Crippen molar-refractivity contribution in [2.75, 3.05) is 29.6 Å². The van der Waals surface area contributed by atoms with Gasteiger partial charge in [0.15, 0.2) is 0 Å². The number of nitrogens with one attached hydrogen (secondary N) is 2. The summed E-state index contributed by atoms with van der Waals surface area (Å²) < 4.78 is 1.80. The lowest BCUT2D eigenvalue weighted by Gasteiger charge is -2.13. The number of carbonyl (C=O) groups is 1. The molecular weight excluding hydrogens is 378 g/mol. The zero-order chi connectivity index (χ0) is 20.9. The van der Waals surface area contributed by atoms with Gasteiger partial charge in [-0.25, -0.2) is 15.0 Å². The van der Waals surface area contributed by atoms with Crippen LogP contribution in [0.15, 0.2) is 79.6 Å². The second kappa shape index (κ2) is 8.44. The average Bonchev–Trinajstić information content (AvgIpc) is 3.30. The van der Waals surface area contributed by atoms with Crippen LogP contribution in [0.25, 0.3) is 5.82 Å². The number of benzene rings is 2. The molecule has 0 atom stereocenters. The quantitative estimate of drug-likeness (QED) is 0.514. The number of nitrogens with zero attached hydrogens (tertiary/aromatic N) is 5. The Labute approximate surface area is 174 Å². The van der Waals surface area contributed by atoms with Crippen LogP contribution in [0.2, 0.25) is 0 Å². The zero-order valence-corrected chi connectivity index (χ0v) is 16.6. The van der Waals surface area contributed by atoms with Gasteiger partial charge in [0.25, 0.3) is 5.91 Å². The van der Waals surface area contributed by atoms with Gasteiger partial charge in [-0.15, -0.1) is 0 Å². The molecule has 4 aromatic rings. The van der Waals surface area contributed by atoms with Gasteiger partial charge in [-0.3, -0.25) is 9.36 Å². The lowest BCUT2D eigenvalue weighted by Crippen LogP contribution is -2.14. The van der Waals surface area contributed by atoms with E-state index < -0.39 is 0 Å². The number of hydrogen-bond acceptors (Lipinski definition) is 6. The summed E-state index contributed by atoms with van der Waals surface area (Å²) in [7, 11) is 3.89. The molecule has 2 heterocycles. The van der Waals surface area contributed by atoms with Crippen LogP contribution in [0.1, 0.15) is 10.4 Å². The Bertz CT molecular complexity index is 1140. The van der Waals surface area contributed by atoms with Gasteiger partial charge in [-0.1, -0.05) is 6.07 Å². The van der Waals surface area contributed by atoms with Gasteiger partial charge >= 0.3 is 0 Å². The minimum absolute atomic E-state index is 0.153. The molecule has 0 aliphatic carbocycles. The van der Waals surface area contributed by atoms with Crippen molar-refractivity contribution in [3.05, 3.63) is 85.2 Å². The summed E-state index contributed by atoms with van der Waals surface area (Å²) in [6, 6.07) is 16.8. The molecule has 2 aromatic heterocycles. The van der Waals surface area contributed by atoms with Gasteiger partial charge in [-0.05, 0) is 42.5 Å². The van der Waals surface area contributed by atoms with E-state index in [1.54, 1.807) is 23.2 Å². The van der Waals surface area contributed by atoms with E-state index in [1.807, 2.05) is 73.7 Å². The molecule has 8 nitrogen and oxygen atoms in total. The van der Waals surface area contributed by atoms with E-state index in [0.717, 1.165) is 11.4 Å². The van der Waals surface area contributed by atoms with Crippen LogP contribution >= 0.6 is 0 Å². The number of rotatable bonds is 6. The predicted molar refractivity (Wildman–Crippen MR) is 118 cm³/mol. The third kappa shape index (κ3) is 4.44. The lowest BCUT2D eigenvalue weighted by molar-refractivity contribution is 0.102. The summed E-state index contributed by atoms with van der Waals surface area (Å²) in [5.41, 5.74) is 3.14. The van der Waals surface area contributed by atoms with Crippen molar-refractivity contribution in [1.82, 2.24) is 19.5 Å². The van der Waals surface area contributed by atoms with Crippen LogP contribution in [-0.4, -0.2) is 39.5 Å². The first-order valence-corrected chi connectivity index (χ1v) is 9.35. The number of anilines is 4. The molecule has 30 heavy (non-hydrogen) atoms. The summed E-state index contributed by atoms with van der Waals surface area (Å²) in [5.74, 6) is 1.22. The third-order valence-corrected chi connectivity index (χ3v) is 4.46. The highest BCUT2D eigenvalue weighted by Gasteiger charge is 2.08. The number of aromatic nitrogens is 4. The van der Waals surface area contributed by atoms with Crippen LogP contribution in [-0.2, 0) is 0 Å². The van der Waals surface area contributed by atoms with E-state index in [2.05, 4.69) is 25.6 Å². The highest BCUT2D eigenvalue weighted by molar-refractivity contribution is 6.04. The summed E-state index contributed by atoms with van der Waals surface area (Å²) >= 11 is 0. The fourth-order valence-corrected chi connectivity index (χ4v) is 2.86. The predicted octanol–water partition coefficient (Wildman–Crippen LogP) is 3.72. The molecule has 0 fully saturated rings. The van der Waals surface area contributed by atoms with Crippen molar-refractivity contribution in [2.24, 2.45) is 0 Å². The Kier molecular flexibility index (Phi) is 5.38. The molecule has 0 bridgehead atoms. The maximum atomic E-state index is 12.5. The molecule has 0 saturated heterocycles. The van der Waals surface area contributed by atoms with Crippen molar-refractivity contribution in [2.45, 2.75) is 0 Å². The molecule has 2 aromatic carbocycles. The SMILES string of the molecule is CN(C)c1cccc(C(=O)Nc2ccc(Nc3cc(-n4ccnc4)ncn3)cc2)c1.